The minimum atomic E-state index is 0.671. The summed E-state index contributed by atoms with van der Waals surface area (Å²) >= 11 is 3.44. The van der Waals surface area contributed by atoms with Crippen molar-refractivity contribution in [3.05, 3.63) is 28.6 Å². The molecule has 1 aliphatic heterocycles. The third-order valence-corrected chi connectivity index (χ3v) is 3.65. The molecule has 1 fully saturated rings. The minimum absolute atomic E-state index is 0.671. The Balaban J connectivity index is 1.80. The van der Waals surface area contributed by atoms with Crippen LogP contribution in [-0.2, 0) is 11.2 Å². The number of halogens is 1. The summed E-state index contributed by atoms with van der Waals surface area (Å²) in [5.74, 6) is 1.61. The van der Waals surface area contributed by atoms with Crippen molar-refractivity contribution in [1.29, 1.82) is 0 Å². The van der Waals surface area contributed by atoms with Crippen LogP contribution in [0.5, 0.6) is 0 Å². The van der Waals surface area contributed by atoms with Gasteiger partial charge in [0, 0.05) is 30.3 Å². The van der Waals surface area contributed by atoms with Crippen molar-refractivity contribution in [3.63, 3.8) is 0 Å². The lowest BCUT2D eigenvalue weighted by Crippen LogP contribution is -2.18. The maximum atomic E-state index is 5.36. The van der Waals surface area contributed by atoms with Crippen LogP contribution in [0.25, 0.3) is 5.65 Å². The predicted molar refractivity (Wildman–Crippen MR) is 67.9 cm³/mol. The molecule has 0 radical (unpaired) electrons. The zero-order valence-corrected chi connectivity index (χ0v) is 11.1. The zero-order chi connectivity index (χ0) is 11.7. The Morgan fingerprint density at radius 2 is 2.24 bits per heavy atom. The molecule has 0 N–H and O–H groups in total. The summed E-state index contributed by atoms with van der Waals surface area (Å²) in [6, 6.07) is 3.96. The summed E-state index contributed by atoms with van der Waals surface area (Å²) in [7, 11) is 0. The fourth-order valence-corrected chi connectivity index (χ4v) is 2.52. The fourth-order valence-electron chi connectivity index (χ4n) is 2.20. The molecule has 0 spiro atoms. The van der Waals surface area contributed by atoms with Crippen LogP contribution in [0.2, 0.25) is 0 Å². The molecule has 2 aromatic heterocycles. The molecule has 0 bridgehead atoms. The van der Waals surface area contributed by atoms with Gasteiger partial charge in [0.15, 0.2) is 11.5 Å². The molecular weight excluding hydrogens is 282 g/mol. The van der Waals surface area contributed by atoms with Gasteiger partial charge in [-0.15, -0.1) is 0 Å². The first-order valence-electron chi connectivity index (χ1n) is 5.90. The molecule has 3 rings (SSSR count). The van der Waals surface area contributed by atoms with Crippen molar-refractivity contribution in [2.24, 2.45) is 5.92 Å². The molecular formula is C12H14BrN3O. The zero-order valence-electron chi connectivity index (χ0n) is 9.47. The van der Waals surface area contributed by atoms with Crippen LogP contribution >= 0.6 is 15.9 Å². The third kappa shape index (κ3) is 2.50. The Morgan fingerprint density at radius 1 is 1.41 bits per heavy atom. The van der Waals surface area contributed by atoms with E-state index in [4.69, 9.17) is 4.74 Å². The second-order valence-corrected chi connectivity index (χ2v) is 5.35. The standard InChI is InChI=1S/C12H14BrN3O/c13-10-1-4-16-12(8-10)14-11(15-16)7-9-2-5-17-6-3-9/h1,4,8-9H,2-3,5-7H2. The van der Waals surface area contributed by atoms with Gasteiger partial charge >= 0.3 is 0 Å². The van der Waals surface area contributed by atoms with E-state index in [1.165, 1.54) is 0 Å². The molecule has 0 saturated carbocycles. The van der Waals surface area contributed by atoms with Crippen LogP contribution in [-0.4, -0.2) is 27.8 Å². The van der Waals surface area contributed by atoms with E-state index in [1.807, 2.05) is 22.8 Å². The van der Waals surface area contributed by atoms with E-state index >= 15 is 0 Å². The van der Waals surface area contributed by atoms with Crippen molar-refractivity contribution >= 4 is 21.6 Å². The first-order valence-corrected chi connectivity index (χ1v) is 6.69. The number of aromatic nitrogens is 3. The first-order chi connectivity index (χ1) is 8.31. The lowest BCUT2D eigenvalue weighted by Gasteiger charge is -2.20. The molecule has 90 valence electrons. The van der Waals surface area contributed by atoms with Gasteiger partial charge in [0.05, 0.1) is 0 Å². The van der Waals surface area contributed by atoms with Gasteiger partial charge in [-0.3, -0.25) is 0 Å². The van der Waals surface area contributed by atoms with E-state index in [0.29, 0.717) is 5.92 Å². The van der Waals surface area contributed by atoms with E-state index < -0.39 is 0 Å². The Labute approximate surface area is 108 Å². The van der Waals surface area contributed by atoms with Gasteiger partial charge in [0.25, 0.3) is 0 Å². The second-order valence-electron chi connectivity index (χ2n) is 4.44. The molecule has 4 nitrogen and oxygen atoms in total. The molecule has 0 atom stereocenters. The number of nitrogens with zero attached hydrogens (tertiary/aromatic N) is 3. The number of ether oxygens (including phenoxy) is 1. The SMILES string of the molecule is Brc1ccn2nc(CC3CCOCC3)nc2c1. The lowest BCUT2D eigenvalue weighted by molar-refractivity contribution is 0.0660. The molecule has 0 unspecified atom stereocenters. The van der Waals surface area contributed by atoms with Crippen LogP contribution in [0, 0.1) is 5.92 Å². The molecule has 1 aliphatic rings. The van der Waals surface area contributed by atoms with Crippen LogP contribution in [0.15, 0.2) is 22.8 Å². The summed E-state index contributed by atoms with van der Waals surface area (Å²) in [4.78, 5) is 4.55. The molecule has 17 heavy (non-hydrogen) atoms. The van der Waals surface area contributed by atoms with Crippen molar-refractivity contribution in [1.82, 2.24) is 14.6 Å². The van der Waals surface area contributed by atoms with E-state index in [-0.39, 0.29) is 0 Å². The number of pyridine rings is 1. The Kier molecular flexibility index (Phi) is 3.11. The van der Waals surface area contributed by atoms with Crippen molar-refractivity contribution in [3.8, 4) is 0 Å². The van der Waals surface area contributed by atoms with Gasteiger partial charge in [-0.05, 0) is 30.9 Å². The van der Waals surface area contributed by atoms with E-state index in [9.17, 15) is 0 Å². The largest absolute Gasteiger partial charge is 0.381 e. The maximum absolute atomic E-state index is 5.36. The quantitative estimate of drug-likeness (QED) is 0.854. The van der Waals surface area contributed by atoms with Crippen LogP contribution in [0.1, 0.15) is 18.7 Å². The second kappa shape index (κ2) is 4.74. The minimum Gasteiger partial charge on any atom is -0.381 e. The van der Waals surface area contributed by atoms with E-state index in [1.54, 1.807) is 0 Å². The summed E-state index contributed by atoms with van der Waals surface area (Å²) in [6.07, 6.45) is 5.14. The summed E-state index contributed by atoms with van der Waals surface area (Å²) in [6.45, 7) is 1.76. The molecule has 0 aromatic carbocycles. The summed E-state index contributed by atoms with van der Waals surface area (Å²) in [5.41, 5.74) is 0.904. The fraction of sp³-hybridized carbons (Fsp3) is 0.500. The smallest absolute Gasteiger partial charge is 0.156 e. The average Bonchev–Trinajstić information content (AvgIpc) is 2.71. The Hall–Kier alpha value is -0.940. The molecule has 5 heteroatoms. The highest BCUT2D eigenvalue weighted by Crippen LogP contribution is 2.19. The molecule has 0 amide bonds. The molecule has 3 heterocycles. The van der Waals surface area contributed by atoms with Gasteiger partial charge in [-0.2, -0.15) is 5.10 Å². The highest BCUT2D eigenvalue weighted by Gasteiger charge is 2.16. The highest BCUT2D eigenvalue weighted by molar-refractivity contribution is 9.10. The number of rotatable bonds is 2. The van der Waals surface area contributed by atoms with Gasteiger partial charge in [-0.1, -0.05) is 15.9 Å². The monoisotopic (exact) mass is 295 g/mol. The normalized spacial score (nSPS) is 17.7. The van der Waals surface area contributed by atoms with Gasteiger partial charge in [-0.25, -0.2) is 9.50 Å². The van der Waals surface area contributed by atoms with Crippen LogP contribution in [0.4, 0.5) is 0 Å². The average molecular weight is 296 g/mol. The summed E-state index contributed by atoms with van der Waals surface area (Å²) < 4.78 is 8.23. The van der Waals surface area contributed by atoms with E-state index in [2.05, 4.69) is 26.0 Å². The molecule has 1 saturated heterocycles. The maximum Gasteiger partial charge on any atom is 0.156 e. The van der Waals surface area contributed by atoms with Gasteiger partial charge in [0.2, 0.25) is 0 Å². The van der Waals surface area contributed by atoms with Crippen LogP contribution in [0.3, 0.4) is 0 Å². The number of hydrogen-bond acceptors (Lipinski definition) is 3. The van der Waals surface area contributed by atoms with Crippen molar-refractivity contribution in [2.45, 2.75) is 19.3 Å². The Morgan fingerprint density at radius 3 is 3.06 bits per heavy atom. The number of hydrogen-bond donors (Lipinski definition) is 0. The number of fused-ring (bicyclic) bond motifs is 1. The van der Waals surface area contributed by atoms with Crippen molar-refractivity contribution in [2.75, 3.05) is 13.2 Å². The highest BCUT2D eigenvalue weighted by atomic mass is 79.9. The predicted octanol–water partition coefficient (Wildman–Crippen LogP) is 2.46. The van der Waals surface area contributed by atoms with Crippen molar-refractivity contribution < 1.29 is 4.74 Å². The Bertz CT molecular complexity index is 519. The first kappa shape index (κ1) is 11.2. The summed E-state index contributed by atoms with van der Waals surface area (Å²) in [5, 5.41) is 4.49. The van der Waals surface area contributed by atoms with Crippen LogP contribution < -0.4 is 0 Å². The van der Waals surface area contributed by atoms with Gasteiger partial charge in [0.1, 0.15) is 0 Å². The third-order valence-electron chi connectivity index (χ3n) is 3.16. The lowest BCUT2D eigenvalue weighted by atomic mass is 9.96. The molecule has 2 aromatic rings. The van der Waals surface area contributed by atoms with Gasteiger partial charge < -0.3 is 4.74 Å². The molecule has 0 aliphatic carbocycles. The topological polar surface area (TPSA) is 39.4 Å². The van der Waals surface area contributed by atoms with E-state index in [0.717, 1.165) is 48.4 Å².